The van der Waals surface area contributed by atoms with Crippen LogP contribution < -0.4 is 10.1 Å². The number of carbonyl (C=O) groups is 1. The summed E-state index contributed by atoms with van der Waals surface area (Å²) in [6.07, 6.45) is 1.58. The van der Waals surface area contributed by atoms with E-state index in [1.54, 1.807) is 36.5 Å². The molecule has 1 atom stereocenters. The quantitative estimate of drug-likeness (QED) is 0.629. The van der Waals surface area contributed by atoms with Gasteiger partial charge >= 0.3 is 0 Å². The van der Waals surface area contributed by atoms with E-state index in [1.807, 2.05) is 24.3 Å². The van der Waals surface area contributed by atoms with Gasteiger partial charge in [-0.1, -0.05) is 30.3 Å². The molecule has 0 spiro atoms. The van der Waals surface area contributed by atoms with Crippen molar-refractivity contribution >= 4 is 5.91 Å². The smallest absolute Gasteiger partial charge is 0.256 e. The van der Waals surface area contributed by atoms with E-state index in [2.05, 4.69) is 15.2 Å². The third-order valence-electron chi connectivity index (χ3n) is 5.15. The number of para-hydroxylation sites is 1. The molecular formula is C24H24FN3O3. The number of aromatic nitrogens is 1. The molecule has 6 nitrogen and oxygen atoms in total. The number of morpholine rings is 1. The Hall–Kier alpha value is -3.29. The van der Waals surface area contributed by atoms with Crippen molar-refractivity contribution in [1.82, 2.24) is 15.2 Å². The highest BCUT2D eigenvalue weighted by Gasteiger charge is 2.24. The molecule has 2 heterocycles. The lowest BCUT2D eigenvalue weighted by Gasteiger charge is -2.35. The summed E-state index contributed by atoms with van der Waals surface area (Å²) in [4.78, 5) is 19.4. The minimum absolute atomic E-state index is 0.168. The fourth-order valence-electron chi connectivity index (χ4n) is 3.59. The summed E-state index contributed by atoms with van der Waals surface area (Å²) in [5.74, 6) is 0.239. The third-order valence-corrected chi connectivity index (χ3v) is 5.15. The maximum Gasteiger partial charge on any atom is 0.256 e. The first-order chi connectivity index (χ1) is 15.2. The van der Waals surface area contributed by atoms with E-state index in [4.69, 9.17) is 9.47 Å². The van der Waals surface area contributed by atoms with E-state index < -0.39 is 0 Å². The lowest BCUT2D eigenvalue weighted by molar-refractivity contribution is 0.0161. The van der Waals surface area contributed by atoms with Gasteiger partial charge in [-0.25, -0.2) is 9.37 Å². The second-order valence-corrected chi connectivity index (χ2v) is 7.20. The van der Waals surface area contributed by atoms with Crippen molar-refractivity contribution in [2.75, 3.05) is 32.8 Å². The fraction of sp³-hybridized carbons (Fsp3) is 0.250. The average Bonchev–Trinajstić information content (AvgIpc) is 2.81. The summed E-state index contributed by atoms with van der Waals surface area (Å²) in [5, 5.41) is 2.98. The van der Waals surface area contributed by atoms with Gasteiger partial charge in [-0.15, -0.1) is 0 Å². The van der Waals surface area contributed by atoms with E-state index in [0.29, 0.717) is 44.2 Å². The first kappa shape index (κ1) is 21.0. The van der Waals surface area contributed by atoms with Crippen LogP contribution in [0.25, 0.3) is 0 Å². The maximum absolute atomic E-state index is 13.9. The normalized spacial score (nSPS) is 15.3. The Bertz CT molecular complexity index is 1010. The molecule has 1 N–H and O–H groups in total. The maximum atomic E-state index is 13.9. The predicted molar refractivity (Wildman–Crippen MR) is 115 cm³/mol. The van der Waals surface area contributed by atoms with Gasteiger partial charge in [0.15, 0.2) is 0 Å². The summed E-state index contributed by atoms with van der Waals surface area (Å²) in [6, 6.07) is 18.9. The summed E-state index contributed by atoms with van der Waals surface area (Å²) in [5.41, 5.74) is 1.15. The van der Waals surface area contributed by atoms with Crippen molar-refractivity contribution < 1.29 is 18.7 Å². The van der Waals surface area contributed by atoms with E-state index >= 15 is 0 Å². The van der Waals surface area contributed by atoms with Gasteiger partial charge in [0.25, 0.3) is 5.91 Å². The number of amides is 1. The molecule has 7 heteroatoms. The number of hydrogen-bond acceptors (Lipinski definition) is 5. The topological polar surface area (TPSA) is 63.7 Å². The highest BCUT2D eigenvalue weighted by molar-refractivity contribution is 5.96. The van der Waals surface area contributed by atoms with Crippen LogP contribution in [0.1, 0.15) is 22.0 Å². The zero-order valence-corrected chi connectivity index (χ0v) is 17.0. The zero-order chi connectivity index (χ0) is 21.5. The van der Waals surface area contributed by atoms with Gasteiger partial charge in [-0.3, -0.25) is 9.69 Å². The number of benzene rings is 2. The van der Waals surface area contributed by atoms with Crippen LogP contribution in [0.4, 0.5) is 4.39 Å². The van der Waals surface area contributed by atoms with E-state index in [-0.39, 0.29) is 23.6 Å². The largest absolute Gasteiger partial charge is 0.438 e. The van der Waals surface area contributed by atoms with E-state index in [9.17, 15) is 9.18 Å². The standard InChI is InChI=1S/C24H24FN3O3/c25-19-7-4-6-18(16-19)22(28-12-14-30-15-13-28)17-27-23(29)21-10-5-11-26-24(21)31-20-8-2-1-3-9-20/h1-11,16,22H,12-15,17H2,(H,27,29). The fourth-order valence-corrected chi connectivity index (χ4v) is 3.59. The number of carbonyl (C=O) groups excluding carboxylic acids is 1. The molecule has 31 heavy (non-hydrogen) atoms. The van der Waals surface area contributed by atoms with Crippen molar-refractivity contribution in [3.63, 3.8) is 0 Å². The van der Waals surface area contributed by atoms with Gasteiger partial charge in [0.1, 0.15) is 17.1 Å². The average molecular weight is 421 g/mol. The molecule has 1 aromatic heterocycles. The number of pyridine rings is 1. The predicted octanol–water partition coefficient (Wildman–Crippen LogP) is 3.82. The van der Waals surface area contributed by atoms with Crippen LogP contribution in [0.5, 0.6) is 11.6 Å². The molecule has 1 fully saturated rings. The third kappa shape index (κ3) is 5.45. The Labute approximate surface area is 180 Å². The molecule has 160 valence electrons. The molecule has 2 aromatic carbocycles. The number of halogens is 1. The number of rotatable bonds is 7. The van der Waals surface area contributed by atoms with Gasteiger partial charge in [0.2, 0.25) is 5.88 Å². The molecule has 4 rings (SSSR count). The van der Waals surface area contributed by atoms with Crippen molar-refractivity contribution in [3.8, 4) is 11.6 Å². The summed E-state index contributed by atoms with van der Waals surface area (Å²) in [7, 11) is 0. The number of ether oxygens (including phenoxy) is 2. The molecule has 1 amide bonds. The Morgan fingerprint density at radius 1 is 1.10 bits per heavy atom. The molecule has 0 aliphatic carbocycles. The van der Waals surface area contributed by atoms with Crippen LogP contribution in [0, 0.1) is 5.82 Å². The number of hydrogen-bond donors (Lipinski definition) is 1. The first-order valence-electron chi connectivity index (χ1n) is 10.2. The number of nitrogens with zero attached hydrogens (tertiary/aromatic N) is 2. The van der Waals surface area contributed by atoms with Crippen molar-refractivity contribution in [2.24, 2.45) is 0 Å². The Kier molecular flexibility index (Phi) is 6.86. The van der Waals surface area contributed by atoms with Gasteiger partial charge in [-0.2, -0.15) is 0 Å². The molecule has 1 unspecified atom stereocenters. The van der Waals surface area contributed by atoms with Gasteiger partial charge in [0, 0.05) is 25.8 Å². The lowest BCUT2D eigenvalue weighted by atomic mass is 10.0. The van der Waals surface area contributed by atoms with Crippen LogP contribution in [0.15, 0.2) is 72.9 Å². The van der Waals surface area contributed by atoms with E-state index in [1.165, 1.54) is 12.1 Å². The van der Waals surface area contributed by atoms with E-state index in [0.717, 1.165) is 5.56 Å². The summed E-state index contributed by atoms with van der Waals surface area (Å²) >= 11 is 0. The second-order valence-electron chi connectivity index (χ2n) is 7.20. The van der Waals surface area contributed by atoms with Gasteiger partial charge < -0.3 is 14.8 Å². The summed E-state index contributed by atoms with van der Waals surface area (Å²) in [6.45, 7) is 2.97. The molecule has 0 radical (unpaired) electrons. The molecule has 0 bridgehead atoms. The van der Waals surface area contributed by atoms with Gasteiger partial charge in [-0.05, 0) is 42.0 Å². The zero-order valence-electron chi connectivity index (χ0n) is 17.0. The van der Waals surface area contributed by atoms with Crippen molar-refractivity contribution in [1.29, 1.82) is 0 Å². The number of nitrogens with one attached hydrogen (secondary N) is 1. The SMILES string of the molecule is O=C(NCC(c1cccc(F)c1)N1CCOCC1)c1cccnc1Oc1ccccc1. The summed E-state index contributed by atoms with van der Waals surface area (Å²) < 4.78 is 25.1. The molecule has 1 saturated heterocycles. The van der Waals surface area contributed by atoms with Crippen LogP contribution >= 0.6 is 0 Å². The monoisotopic (exact) mass is 421 g/mol. The lowest BCUT2D eigenvalue weighted by Crippen LogP contribution is -2.43. The second kappa shape index (κ2) is 10.1. The molecule has 3 aromatic rings. The Morgan fingerprint density at radius 3 is 2.68 bits per heavy atom. The molecule has 0 saturated carbocycles. The minimum atomic E-state index is -0.298. The van der Waals surface area contributed by atoms with Gasteiger partial charge in [0.05, 0.1) is 19.3 Å². The van der Waals surface area contributed by atoms with Crippen LogP contribution in [0.2, 0.25) is 0 Å². The molecule has 1 aliphatic heterocycles. The van der Waals surface area contributed by atoms with Crippen LogP contribution in [-0.2, 0) is 4.74 Å². The minimum Gasteiger partial charge on any atom is -0.438 e. The van der Waals surface area contributed by atoms with Crippen LogP contribution in [-0.4, -0.2) is 48.6 Å². The highest BCUT2D eigenvalue weighted by Crippen LogP contribution is 2.24. The Morgan fingerprint density at radius 2 is 1.90 bits per heavy atom. The highest BCUT2D eigenvalue weighted by atomic mass is 19.1. The molecular weight excluding hydrogens is 397 g/mol. The van der Waals surface area contributed by atoms with Crippen molar-refractivity contribution in [2.45, 2.75) is 6.04 Å². The van der Waals surface area contributed by atoms with Crippen LogP contribution in [0.3, 0.4) is 0 Å². The Balaban J connectivity index is 1.50. The van der Waals surface area contributed by atoms with Crippen molar-refractivity contribution in [3.05, 3.63) is 89.9 Å². The first-order valence-corrected chi connectivity index (χ1v) is 10.2. The molecule has 1 aliphatic rings.